The molecule has 0 aromatic carbocycles. The van der Waals surface area contributed by atoms with Crippen LogP contribution in [0.5, 0.6) is 0 Å². The fourth-order valence-electron chi connectivity index (χ4n) is 3.87. The van der Waals surface area contributed by atoms with Gasteiger partial charge in [0, 0.05) is 25.3 Å². The fourth-order valence-corrected chi connectivity index (χ4v) is 4.98. The van der Waals surface area contributed by atoms with Gasteiger partial charge >= 0.3 is 5.97 Å². The molecule has 1 N–H and O–H groups in total. The first-order chi connectivity index (χ1) is 14.1. The molecule has 168 valence electrons. The van der Waals surface area contributed by atoms with Crippen LogP contribution in [0.3, 0.4) is 0 Å². The average molecular weight is 462 g/mol. The highest BCUT2D eigenvalue weighted by Crippen LogP contribution is 2.29. The lowest BCUT2D eigenvalue weighted by Gasteiger charge is -2.29. The number of ether oxygens (including phenoxy) is 1. The number of likely N-dealkylation sites (tertiary alicyclic amines) is 2. The van der Waals surface area contributed by atoms with Gasteiger partial charge in [0.2, 0.25) is 17.7 Å². The van der Waals surface area contributed by atoms with E-state index >= 15 is 0 Å². The Bertz CT molecular complexity index is 718. The number of esters is 1. The highest BCUT2D eigenvalue weighted by molar-refractivity contribution is 8.14. The summed E-state index contributed by atoms with van der Waals surface area (Å²) < 4.78 is 4.80. The van der Waals surface area contributed by atoms with Gasteiger partial charge in [-0.2, -0.15) is 0 Å². The number of hydrogen-bond donors (Lipinski definition) is 1. The lowest BCUT2D eigenvalue weighted by Crippen LogP contribution is -2.55. The van der Waals surface area contributed by atoms with Crippen molar-refractivity contribution in [2.45, 2.75) is 68.8 Å². The number of nitrogens with one attached hydrogen (secondary N) is 1. The van der Waals surface area contributed by atoms with Crippen LogP contribution >= 0.6 is 23.4 Å². The van der Waals surface area contributed by atoms with Crippen molar-refractivity contribution in [2.24, 2.45) is 0 Å². The minimum atomic E-state index is -0.906. The number of nitrogens with zero attached hydrogens (tertiary/aromatic N) is 2. The summed E-state index contributed by atoms with van der Waals surface area (Å²) >= 11 is 6.96. The first-order valence-electron chi connectivity index (χ1n) is 9.87. The number of hydrogen-bond acceptors (Lipinski definition) is 7. The van der Waals surface area contributed by atoms with Crippen molar-refractivity contribution < 1.29 is 28.7 Å². The van der Waals surface area contributed by atoms with Crippen LogP contribution < -0.4 is 5.32 Å². The number of alkyl halides is 1. The number of carbonyl (C=O) groups is 5. The summed E-state index contributed by atoms with van der Waals surface area (Å²) in [5.41, 5.74) is 0. The SMILES string of the molecule is COC(=O)[C@@H]1C[C@H](SC(C)=O)CN1C(=O)[C@H](C)NC(=O)[C@@H]1CCCN1C(=O)[C@H](C)Cl. The van der Waals surface area contributed by atoms with Gasteiger partial charge in [-0.15, -0.1) is 11.6 Å². The van der Waals surface area contributed by atoms with Crippen LogP contribution in [0.25, 0.3) is 0 Å². The Kier molecular flexibility index (Phi) is 8.54. The molecule has 0 aromatic heterocycles. The van der Waals surface area contributed by atoms with E-state index in [9.17, 15) is 24.0 Å². The third-order valence-corrected chi connectivity index (χ3v) is 6.45. The second-order valence-electron chi connectivity index (χ2n) is 7.53. The van der Waals surface area contributed by atoms with Gasteiger partial charge in [-0.3, -0.25) is 19.2 Å². The maximum Gasteiger partial charge on any atom is 0.328 e. The molecule has 3 amide bonds. The third-order valence-electron chi connectivity index (χ3n) is 5.26. The number of thioether (sulfide) groups is 1. The van der Waals surface area contributed by atoms with E-state index in [4.69, 9.17) is 16.3 Å². The van der Waals surface area contributed by atoms with Gasteiger partial charge in [0.05, 0.1) is 7.11 Å². The van der Waals surface area contributed by atoms with Crippen molar-refractivity contribution >= 4 is 52.2 Å². The van der Waals surface area contributed by atoms with Crippen LogP contribution in [-0.2, 0) is 28.7 Å². The second kappa shape index (κ2) is 10.5. The maximum atomic E-state index is 13.0. The lowest BCUT2D eigenvalue weighted by molar-refractivity contribution is -0.152. The van der Waals surface area contributed by atoms with Crippen molar-refractivity contribution in [3.05, 3.63) is 0 Å². The minimum absolute atomic E-state index is 0.0984. The van der Waals surface area contributed by atoms with Gasteiger partial charge in [-0.05, 0) is 33.1 Å². The molecule has 2 aliphatic heterocycles. The molecule has 0 saturated carbocycles. The maximum absolute atomic E-state index is 13.0. The smallest absolute Gasteiger partial charge is 0.328 e. The Balaban J connectivity index is 2.06. The molecule has 5 atom stereocenters. The first kappa shape index (κ1) is 24.5. The van der Waals surface area contributed by atoms with Crippen LogP contribution in [-0.4, -0.2) is 87.6 Å². The summed E-state index contributed by atoms with van der Waals surface area (Å²) in [4.78, 5) is 64.3. The van der Waals surface area contributed by atoms with Crippen LogP contribution in [0, 0.1) is 0 Å². The molecule has 2 saturated heterocycles. The topological polar surface area (TPSA) is 113 Å². The quantitative estimate of drug-likeness (QED) is 0.453. The molecule has 11 heteroatoms. The van der Waals surface area contributed by atoms with Crippen molar-refractivity contribution in [1.82, 2.24) is 15.1 Å². The number of halogens is 1. The van der Waals surface area contributed by atoms with Crippen molar-refractivity contribution in [3.63, 3.8) is 0 Å². The predicted molar refractivity (Wildman–Crippen MR) is 112 cm³/mol. The highest BCUT2D eigenvalue weighted by Gasteiger charge is 2.43. The summed E-state index contributed by atoms with van der Waals surface area (Å²) in [7, 11) is 1.24. The molecule has 2 fully saturated rings. The molecule has 2 aliphatic rings. The first-order valence-corrected chi connectivity index (χ1v) is 11.2. The normalized spacial score (nSPS) is 25.6. The van der Waals surface area contributed by atoms with E-state index in [0.717, 1.165) is 11.8 Å². The summed E-state index contributed by atoms with van der Waals surface area (Å²) in [5.74, 6) is -1.74. The number of methoxy groups -OCH3 is 1. The summed E-state index contributed by atoms with van der Waals surface area (Å²) in [6.45, 7) is 5.17. The van der Waals surface area contributed by atoms with Crippen molar-refractivity contribution in [3.8, 4) is 0 Å². The fraction of sp³-hybridized carbons (Fsp3) is 0.737. The minimum Gasteiger partial charge on any atom is -0.467 e. The Morgan fingerprint density at radius 1 is 1.10 bits per heavy atom. The van der Waals surface area contributed by atoms with Crippen LogP contribution in [0.15, 0.2) is 0 Å². The zero-order chi connectivity index (χ0) is 22.6. The summed E-state index contributed by atoms with van der Waals surface area (Å²) in [6.07, 6.45) is 1.48. The van der Waals surface area contributed by atoms with Crippen molar-refractivity contribution in [1.29, 1.82) is 0 Å². The molecule has 2 rings (SSSR count). The Morgan fingerprint density at radius 2 is 1.77 bits per heavy atom. The number of rotatable bonds is 6. The van der Waals surface area contributed by atoms with E-state index in [-0.39, 0.29) is 22.8 Å². The van der Waals surface area contributed by atoms with Gasteiger partial charge in [-0.25, -0.2) is 4.79 Å². The van der Waals surface area contributed by atoms with Crippen LogP contribution in [0.4, 0.5) is 0 Å². The highest BCUT2D eigenvalue weighted by atomic mass is 35.5. The zero-order valence-corrected chi connectivity index (χ0v) is 19.1. The number of amides is 3. The van der Waals surface area contributed by atoms with Gasteiger partial charge in [-0.1, -0.05) is 11.8 Å². The summed E-state index contributed by atoms with van der Waals surface area (Å²) in [5, 5.41) is 1.61. The van der Waals surface area contributed by atoms with Crippen LogP contribution in [0.2, 0.25) is 0 Å². The molecule has 0 spiro atoms. The zero-order valence-electron chi connectivity index (χ0n) is 17.6. The molecule has 0 bridgehead atoms. The standard InChI is InChI=1S/C19H28ClN3O6S/c1-10(20)17(26)22-7-5-6-14(22)16(25)21-11(2)18(27)23-9-13(30-12(3)24)8-15(23)19(28)29-4/h10-11,13-15H,5-9H2,1-4H3,(H,21,25)/t10-,11-,13-,14-,15-/m0/s1. The Morgan fingerprint density at radius 3 is 2.33 bits per heavy atom. The van der Waals surface area contributed by atoms with Gasteiger partial charge in [0.1, 0.15) is 23.5 Å². The van der Waals surface area contributed by atoms with Crippen molar-refractivity contribution in [2.75, 3.05) is 20.2 Å². The molecule has 30 heavy (non-hydrogen) atoms. The molecule has 0 radical (unpaired) electrons. The molecule has 9 nitrogen and oxygen atoms in total. The molecule has 0 aromatic rings. The van der Waals surface area contributed by atoms with Gasteiger partial charge in [0.25, 0.3) is 0 Å². The largest absolute Gasteiger partial charge is 0.467 e. The molecule has 0 unspecified atom stereocenters. The molecule has 0 aliphatic carbocycles. The molecular weight excluding hydrogens is 434 g/mol. The van der Waals surface area contributed by atoms with E-state index in [2.05, 4.69) is 5.32 Å². The molecular formula is C19H28ClN3O6S. The predicted octanol–water partition coefficient (Wildman–Crippen LogP) is 0.532. The lowest BCUT2D eigenvalue weighted by atomic mass is 10.1. The van der Waals surface area contributed by atoms with E-state index in [1.54, 1.807) is 6.92 Å². The van der Waals surface area contributed by atoms with E-state index in [1.807, 2.05) is 0 Å². The average Bonchev–Trinajstić information content (AvgIpc) is 3.32. The molecule has 2 heterocycles. The van der Waals surface area contributed by atoms with Crippen LogP contribution in [0.1, 0.15) is 40.0 Å². The number of carbonyl (C=O) groups excluding carboxylic acids is 5. The Labute approximate surface area is 185 Å². The monoisotopic (exact) mass is 461 g/mol. The van der Waals surface area contributed by atoms with E-state index in [0.29, 0.717) is 25.8 Å². The van der Waals surface area contributed by atoms with Gasteiger partial charge in [0.15, 0.2) is 5.12 Å². The van der Waals surface area contributed by atoms with E-state index < -0.39 is 41.3 Å². The van der Waals surface area contributed by atoms with Gasteiger partial charge < -0.3 is 19.9 Å². The Hall–Kier alpha value is -1.81. The van der Waals surface area contributed by atoms with E-state index in [1.165, 1.54) is 30.8 Å². The second-order valence-corrected chi connectivity index (χ2v) is 9.66. The third kappa shape index (κ3) is 5.66. The summed E-state index contributed by atoms with van der Waals surface area (Å²) in [6, 6.07) is -2.39.